The van der Waals surface area contributed by atoms with Crippen LogP contribution in [0, 0.1) is 0 Å². The molecule has 9 nitrogen and oxygen atoms in total. The van der Waals surface area contributed by atoms with Crippen LogP contribution in [0.5, 0.6) is 0 Å². The van der Waals surface area contributed by atoms with E-state index in [1.54, 1.807) is 6.92 Å². The van der Waals surface area contributed by atoms with Crippen molar-refractivity contribution in [3.8, 4) is 0 Å². The summed E-state index contributed by atoms with van der Waals surface area (Å²) in [6, 6.07) is 1.43. The smallest absolute Gasteiger partial charge is 0.378 e. The fourth-order valence-electron chi connectivity index (χ4n) is 3.59. The first kappa shape index (κ1) is 24.7. The van der Waals surface area contributed by atoms with Gasteiger partial charge in [-0.2, -0.15) is 28.5 Å². The van der Waals surface area contributed by atoms with Crippen molar-refractivity contribution in [1.29, 1.82) is 0 Å². The highest BCUT2D eigenvalue weighted by Gasteiger charge is 2.34. The zero-order valence-electron chi connectivity index (χ0n) is 18.9. The largest absolute Gasteiger partial charge is 0.420 e. The monoisotopic (exact) mass is 498 g/mol. The third kappa shape index (κ3) is 5.99. The molecule has 1 aliphatic rings. The first-order valence-electron chi connectivity index (χ1n) is 10.7. The van der Waals surface area contributed by atoms with E-state index in [2.05, 4.69) is 30.6 Å². The Bertz CT molecular complexity index is 1150. The Labute approximate surface area is 197 Å². The molecular formula is C21H23F5N8O. The number of hydrogen-bond acceptors (Lipinski definition) is 8. The van der Waals surface area contributed by atoms with Crippen molar-refractivity contribution in [3.05, 3.63) is 53.4 Å². The van der Waals surface area contributed by atoms with E-state index >= 15 is 0 Å². The van der Waals surface area contributed by atoms with E-state index in [9.17, 15) is 22.0 Å². The SMILES string of the molecule is C[C@@H](COCc1cc2n(n1)CCN(c1ncc(C(C)(F)F)cn1)C2)Nc1cnncc1C(F)(F)F. The van der Waals surface area contributed by atoms with Gasteiger partial charge in [-0.25, -0.2) is 18.7 Å². The topological polar surface area (TPSA) is 93.9 Å². The van der Waals surface area contributed by atoms with Gasteiger partial charge in [0.1, 0.15) is 5.56 Å². The van der Waals surface area contributed by atoms with E-state index in [-0.39, 0.29) is 24.5 Å². The molecule has 0 saturated heterocycles. The fraction of sp³-hybridized carbons (Fsp3) is 0.476. The maximum atomic E-state index is 13.4. The lowest BCUT2D eigenvalue weighted by Gasteiger charge is -2.27. The molecule has 1 N–H and O–H groups in total. The summed E-state index contributed by atoms with van der Waals surface area (Å²) in [5, 5.41) is 14.0. The second-order valence-electron chi connectivity index (χ2n) is 8.31. The second kappa shape index (κ2) is 9.68. The minimum Gasteiger partial charge on any atom is -0.378 e. The van der Waals surface area contributed by atoms with Crippen LogP contribution in [-0.2, 0) is 36.5 Å². The van der Waals surface area contributed by atoms with Crippen molar-refractivity contribution in [3.63, 3.8) is 0 Å². The Morgan fingerprint density at radius 2 is 1.77 bits per heavy atom. The van der Waals surface area contributed by atoms with Crippen LogP contribution in [0.15, 0.2) is 30.9 Å². The highest BCUT2D eigenvalue weighted by atomic mass is 19.4. The number of rotatable bonds is 8. The average molecular weight is 498 g/mol. The van der Waals surface area contributed by atoms with Crippen LogP contribution in [0.25, 0.3) is 0 Å². The second-order valence-corrected chi connectivity index (χ2v) is 8.31. The molecule has 1 atom stereocenters. The van der Waals surface area contributed by atoms with E-state index < -0.39 is 23.7 Å². The number of nitrogens with zero attached hydrogens (tertiary/aromatic N) is 7. The van der Waals surface area contributed by atoms with E-state index in [0.717, 1.165) is 31.2 Å². The van der Waals surface area contributed by atoms with E-state index in [4.69, 9.17) is 4.74 Å². The summed E-state index contributed by atoms with van der Waals surface area (Å²) in [5.41, 5.74) is 0.234. The van der Waals surface area contributed by atoms with Crippen molar-refractivity contribution < 1.29 is 26.7 Å². The lowest BCUT2D eigenvalue weighted by Crippen LogP contribution is -2.35. The molecule has 0 aliphatic carbocycles. The minimum absolute atomic E-state index is 0.135. The zero-order chi connectivity index (χ0) is 25.2. The van der Waals surface area contributed by atoms with Crippen molar-refractivity contribution in [2.45, 2.75) is 51.7 Å². The quantitative estimate of drug-likeness (QED) is 0.471. The predicted molar refractivity (Wildman–Crippen MR) is 115 cm³/mol. The van der Waals surface area contributed by atoms with Gasteiger partial charge in [-0.05, 0) is 13.0 Å². The molecule has 35 heavy (non-hydrogen) atoms. The zero-order valence-corrected chi connectivity index (χ0v) is 18.9. The summed E-state index contributed by atoms with van der Waals surface area (Å²) in [4.78, 5) is 10.0. The predicted octanol–water partition coefficient (Wildman–Crippen LogP) is 3.63. The number of ether oxygens (including phenoxy) is 1. The highest BCUT2D eigenvalue weighted by Crippen LogP contribution is 2.33. The van der Waals surface area contributed by atoms with Gasteiger partial charge < -0.3 is 15.0 Å². The van der Waals surface area contributed by atoms with E-state index in [1.165, 1.54) is 0 Å². The standard InChI is InChI=1S/C21H23F5N8O/c1-13(31-18-9-30-29-8-17(18)21(24,25)26)11-35-12-15-5-16-10-33(3-4-34(16)32-15)19-27-6-14(7-28-19)20(2,22)23/h5-9,13H,3-4,10-12H2,1-2H3,(H,29,31)/t13-/m0/s1. The lowest BCUT2D eigenvalue weighted by atomic mass is 10.2. The number of anilines is 2. The molecule has 0 saturated carbocycles. The molecule has 1 aliphatic heterocycles. The number of alkyl halides is 5. The van der Waals surface area contributed by atoms with Gasteiger partial charge in [0.05, 0.1) is 61.3 Å². The van der Waals surface area contributed by atoms with E-state index in [1.807, 2.05) is 15.6 Å². The summed E-state index contributed by atoms with van der Waals surface area (Å²) in [5.74, 6) is -2.65. The maximum Gasteiger partial charge on any atom is 0.420 e. The van der Waals surface area contributed by atoms with Gasteiger partial charge in [0.25, 0.3) is 5.92 Å². The highest BCUT2D eigenvalue weighted by molar-refractivity contribution is 5.50. The summed E-state index contributed by atoms with van der Waals surface area (Å²) >= 11 is 0. The normalized spacial score (nSPS) is 15.1. The lowest BCUT2D eigenvalue weighted by molar-refractivity contribution is -0.137. The Balaban J connectivity index is 1.30. The molecule has 0 radical (unpaired) electrons. The molecular weight excluding hydrogens is 475 g/mol. The van der Waals surface area contributed by atoms with Crippen LogP contribution in [-0.4, -0.2) is 49.1 Å². The molecule has 0 amide bonds. The average Bonchev–Trinajstić information content (AvgIpc) is 3.20. The molecule has 4 rings (SSSR count). The Morgan fingerprint density at radius 3 is 2.46 bits per heavy atom. The summed E-state index contributed by atoms with van der Waals surface area (Å²) in [6.45, 7) is 4.34. The molecule has 14 heteroatoms. The third-order valence-electron chi connectivity index (χ3n) is 5.33. The molecule has 0 fully saturated rings. The number of hydrogen-bond donors (Lipinski definition) is 1. The Hall–Kier alpha value is -3.42. The van der Waals surface area contributed by atoms with Gasteiger partial charge in [0.2, 0.25) is 5.95 Å². The summed E-state index contributed by atoms with van der Waals surface area (Å²) < 4.78 is 73.5. The molecule has 3 aromatic rings. The number of nitrogens with one attached hydrogen (secondary N) is 1. The Kier molecular flexibility index (Phi) is 6.83. The van der Waals surface area contributed by atoms with Gasteiger partial charge in [-0.1, -0.05) is 0 Å². The fourth-order valence-corrected chi connectivity index (χ4v) is 3.59. The van der Waals surface area contributed by atoms with Crippen LogP contribution in [0.3, 0.4) is 0 Å². The number of halogens is 5. The van der Waals surface area contributed by atoms with Crippen molar-refractivity contribution in [1.82, 2.24) is 29.9 Å². The molecule has 0 bridgehead atoms. The maximum absolute atomic E-state index is 13.4. The van der Waals surface area contributed by atoms with Crippen LogP contribution < -0.4 is 10.2 Å². The molecule has 0 spiro atoms. The molecule has 0 aromatic carbocycles. The van der Waals surface area contributed by atoms with Gasteiger partial charge >= 0.3 is 6.18 Å². The van der Waals surface area contributed by atoms with Crippen molar-refractivity contribution in [2.75, 3.05) is 23.4 Å². The first-order valence-corrected chi connectivity index (χ1v) is 10.7. The van der Waals surface area contributed by atoms with Gasteiger partial charge in [-0.3, -0.25) is 4.68 Å². The number of aromatic nitrogens is 6. The van der Waals surface area contributed by atoms with Crippen LogP contribution in [0.4, 0.5) is 33.6 Å². The van der Waals surface area contributed by atoms with Crippen molar-refractivity contribution in [2.24, 2.45) is 0 Å². The van der Waals surface area contributed by atoms with Crippen LogP contribution in [0.2, 0.25) is 0 Å². The molecule has 188 valence electrons. The number of fused-ring (bicyclic) bond motifs is 1. The molecule has 3 aromatic heterocycles. The summed E-state index contributed by atoms with van der Waals surface area (Å²) in [6.07, 6.45) is -0.589. The van der Waals surface area contributed by atoms with Crippen LogP contribution in [0.1, 0.15) is 36.4 Å². The van der Waals surface area contributed by atoms with Crippen LogP contribution >= 0.6 is 0 Å². The first-order chi connectivity index (χ1) is 16.5. The van der Waals surface area contributed by atoms with Gasteiger partial charge in [0.15, 0.2) is 0 Å². The Morgan fingerprint density at radius 1 is 1.06 bits per heavy atom. The minimum atomic E-state index is -4.55. The van der Waals surface area contributed by atoms with Gasteiger partial charge in [-0.15, -0.1) is 0 Å². The molecule has 4 heterocycles. The third-order valence-corrected chi connectivity index (χ3v) is 5.33. The van der Waals surface area contributed by atoms with Crippen molar-refractivity contribution >= 4 is 11.6 Å². The summed E-state index contributed by atoms with van der Waals surface area (Å²) in [7, 11) is 0. The van der Waals surface area contributed by atoms with E-state index in [0.29, 0.717) is 37.5 Å². The van der Waals surface area contributed by atoms with Gasteiger partial charge in [0, 0.05) is 31.9 Å². The molecule has 0 unspecified atom stereocenters.